The third-order valence-electron chi connectivity index (χ3n) is 11.1. The normalized spacial score (nSPS) is 35.2. The molecule has 0 bridgehead atoms. The number of ether oxygens (including phenoxy) is 4. The van der Waals surface area contributed by atoms with Crippen molar-refractivity contribution in [2.24, 2.45) is 23.2 Å². The smallest absolute Gasteiger partial charge is 0.336 e. The number of hydrogen-bond donors (Lipinski definition) is 0. The Morgan fingerprint density at radius 1 is 0.750 bits per heavy atom. The van der Waals surface area contributed by atoms with Gasteiger partial charge in [-0.3, -0.25) is 9.59 Å². The number of ketones is 1. The SMILES string of the molecule is C[C@]12C=CC(=O)C=C1CC[C@@H]1[C@@H]2CC[C@]2(C)OC(=O)CC[C@@H]12.O=c1n(C[C@H]2CO2)c(=O)n(C[C@@H]2CO2)c(=O)n1C[C@H]1CO1.c1ccsc1. The summed E-state index contributed by atoms with van der Waals surface area (Å²) in [5.74, 6) is 1.77. The van der Waals surface area contributed by atoms with Gasteiger partial charge in [0.2, 0.25) is 0 Å². The molecule has 2 aromatic heterocycles. The van der Waals surface area contributed by atoms with E-state index in [4.69, 9.17) is 18.9 Å². The summed E-state index contributed by atoms with van der Waals surface area (Å²) in [5, 5.41) is 4.08. The zero-order chi connectivity index (χ0) is 33.6. The Morgan fingerprint density at radius 2 is 1.29 bits per heavy atom. The summed E-state index contributed by atoms with van der Waals surface area (Å²) >= 11 is 1.71. The van der Waals surface area contributed by atoms with Crippen LogP contribution in [0.15, 0.2) is 61.1 Å². The van der Waals surface area contributed by atoms with Gasteiger partial charge in [-0.15, -0.1) is 0 Å². The van der Waals surface area contributed by atoms with Gasteiger partial charge in [0.25, 0.3) is 0 Å². The minimum Gasteiger partial charge on any atom is -0.459 e. The van der Waals surface area contributed by atoms with Crippen LogP contribution in [0.3, 0.4) is 0 Å². The van der Waals surface area contributed by atoms with Crippen molar-refractivity contribution in [2.75, 3.05) is 19.8 Å². The fourth-order valence-corrected chi connectivity index (χ4v) is 8.68. The van der Waals surface area contributed by atoms with Gasteiger partial charge in [-0.25, -0.2) is 28.1 Å². The summed E-state index contributed by atoms with van der Waals surface area (Å²) in [7, 11) is 0. The van der Waals surface area contributed by atoms with Crippen LogP contribution in [-0.2, 0) is 48.2 Å². The number of rotatable bonds is 6. The number of thiophene rings is 1. The predicted octanol–water partition coefficient (Wildman–Crippen LogP) is 2.71. The molecule has 6 heterocycles. The van der Waals surface area contributed by atoms with Crippen LogP contribution in [0.25, 0.3) is 0 Å². The lowest BCUT2D eigenvalue weighted by atomic mass is 9.49. The van der Waals surface area contributed by atoms with Crippen LogP contribution in [0.2, 0.25) is 0 Å². The molecule has 0 radical (unpaired) electrons. The lowest BCUT2D eigenvalue weighted by molar-refractivity contribution is -0.192. The molecule has 7 aliphatic rings. The molecule has 2 aromatic rings. The molecule has 0 amide bonds. The lowest BCUT2D eigenvalue weighted by Crippen LogP contribution is -2.56. The fraction of sp³-hybridized carbons (Fsp3) is 0.629. The molecular formula is C35H43N3O9S. The summed E-state index contributed by atoms with van der Waals surface area (Å²) in [4.78, 5) is 60.5. The van der Waals surface area contributed by atoms with Crippen molar-refractivity contribution in [3.05, 3.63) is 78.1 Å². The summed E-state index contributed by atoms with van der Waals surface area (Å²) < 4.78 is 24.2. The van der Waals surface area contributed by atoms with Gasteiger partial charge < -0.3 is 18.9 Å². The first-order valence-corrected chi connectivity index (χ1v) is 17.9. The van der Waals surface area contributed by atoms with E-state index in [1.165, 1.54) is 5.57 Å². The van der Waals surface area contributed by atoms with Crippen LogP contribution in [-0.4, -0.2) is 69.2 Å². The number of aromatic nitrogens is 3. The van der Waals surface area contributed by atoms with Crippen molar-refractivity contribution in [2.45, 2.75) is 95.9 Å². The van der Waals surface area contributed by atoms with Crippen molar-refractivity contribution in [3.63, 3.8) is 0 Å². The second kappa shape index (κ2) is 13.1. The minimum atomic E-state index is -0.594. The molecule has 9 rings (SSSR count). The van der Waals surface area contributed by atoms with E-state index in [0.717, 1.165) is 45.8 Å². The van der Waals surface area contributed by atoms with Gasteiger partial charge in [-0.2, -0.15) is 11.3 Å². The second-order valence-corrected chi connectivity index (χ2v) is 15.1. The molecule has 2 saturated carbocycles. The van der Waals surface area contributed by atoms with Crippen LogP contribution >= 0.6 is 11.3 Å². The molecule has 0 aromatic carbocycles. The largest absolute Gasteiger partial charge is 0.459 e. The molecular weight excluding hydrogens is 638 g/mol. The zero-order valence-electron chi connectivity index (χ0n) is 27.4. The van der Waals surface area contributed by atoms with E-state index in [0.29, 0.717) is 44.0 Å². The highest BCUT2D eigenvalue weighted by Crippen LogP contribution is 2.60. The molecule has 12 nitrogen and oxygen atoms in total. The van der Waals surface area contributed by atoms with Crippen molar-refractivity contribution >= 4 is 23.1 Å². The molecule has 4 saturated heterocycles. The first-order valence-electron chi connectivity index (χ1n) is 17.0. The minimum absolute atomic E-state index is 0.0250. The average Bonchev–Trinajstić information content (AvgIpc) is 3.99. The first kappa shape index (κ1) is 33.1. The highest BCUT2D eigenvalue weighted by atomic mass is 32.1. The zero-order valence-corrected chi connectivity index (χ0v) is 28.2. The highest BCUT2D eigenvalue weighted by Gasteiger charge is 2.56. The third kappa shape index (κ3) is 6.87. The molecule has 4 aliphatic heterocycles. The van der Waals surface area contributed by atoms with Crippen molar-refractivity contribution in [1.29, 1.82) is 0 Å². The van der Waals surface area contributed by atoms with Crippen molar-refractivity contribution in [1.82, 2.24) is 13.7 Å². The number of allylic oxidation sites excluding steroid dienone is 4. The van der Waals surface area contributed by atoms with Crippen LogP contribution in [0.5, 0.6) is 0 Å². The Bertz CT molecular complexity index is 1630. The van der Waals surface area contributed by atoms with Gasteiger partial charge in [0.05, 0.1) is 57.8 Å². The van der Waals surface area contributed by atoms with Gasteiger partial charge in [-0.05, 0) is 73.8 Å². The summed E-state index contributed by atoms with van der Waals surface area (Å²) in [6, 6.07) is 4.04. The topological polar surface area (TPSA) is 147 Å². The van der Waals surface area contributed by atoms with Gasteiger partial charge >= 0.3 is 23.0 Å². The number of fused-ring (bicyclic) bond motifs is 5. The Hall–Kier alpha value is -3.39. The van der Waals surface area contributed by atoms with Crippen molar-refractivity contribution < 1.29 is 28.5 Å². The third-order valence-corrected chi connectivity index (χ3v) is 11.7. The number of hydrogen-bond acceptors (Lipinski definition) is 10. The molecule has 48 heavy (non-hydrogen) atoms. The number of carbonyl (C=O) groups excluding carboxylic acids is 2. The lowest BCUT2D eigenvalue weighted by Gasteiger charge is -2.58. The Kier molecular flexibility index (Phi) is 9.07. The van der Waals surface area contributed by atoms with Gasteiger partial charge in [0, 0.05) is 17.8 Å². The molecule has 258 valence electrons. The molecule has 0 spiro atoms. The number of esters is 1. The number of nitrogens with zero attached hydrogens (tertiary/aromatic N) is 3. The summed E-state index contributed by atoms with van der Waals surface area (Å²) in [6.45, 7) is 6.56. The Morgan fingerprint density at radius 3 is 1.77 bits per heavy atom. The predicted molar refractivity (Wildman–Crippen MR) is 176 cm³/mol. The average molecular weight is 682 g/mol. The van der Waals surface area contributed by atoms with E-state index in [2.05, 4.69) is 19.9 Å². The quantitative estimate of drug-likeness (QED) is 0.332. The maximum Gasteiger partial charge on any atom is 0.336 e. The maximum atomic E-state index is 12.4. The van der Waals surface area contributed by atoms with Gasteiger partial charge in [0.15, 0.2) is 5.78 Å². The van der Waals surface area contributed by atoms with E-state index in [-0.39, 0.29) is 60.7 Å². The van der Waals surface area contributed by atoms with E-state index in [1.54, 1.807) is 17.4 Å². The standard InChI is InChI=1S/C19H24O3.C12H15N3O6.C4H4S/c1-18-9-7-13(20)11-12(18)3-4-14-15(18)8-10-19(2)16(14)5-6-17(21)22-19;16-10-13(1-7-4-19-7)11(17)15(3-9-6-21-9)12(18)14(10)2-8-5-20-8;1-2-4-5-3-1/h7,9,11,14-16H,3-6,8,10H2,1-2H3;7-9H,1-6H2;1-4H/t14-,15+,16+,18+,19+;7-,8-,9+;/m10./s1. The Labute approximate surface area is 281 Å². The molecule has 8 atom stereocenters. The Balaban J connectivity index is 0.000000133. The van der Waals surface area contributed by atoms with Gasteiger partial charge in [0.1, 0.15) is 5.60 Å². The van der Waals surface area contributed by atoms with E-state index in [9.17, 15) is 24.0 Å². The van der Waals surface area contributed by atoms with E-state index < -0.39 is 17.1 Å². The van der Waals surface area contributed by atoms with Crippen LogP contribution in [0.1, 0.15) is 52.4 Å². The van der Waals surface area contributed by atoms with Crippen molar-refractivity contribution in [3.8, 4) is 0 Å². The summed E-state index contributed by atoms with van der Waals surface area (Å²) in [5.41, 5.74) is -0.698. The first-order chi connectivity index (χ1) is 23.1. The molecule has 0 unspecified atom stereocenters. The fourth-order valence-electron chi connectivity index (χ4n) is 8.22. The summed E-state index contributed by atoms with van der Waals surface area (Å²) in [6.07, 6.45) is 11.1. The molecule has 13 heteroatoms. The van der Waals surface area contributed by atoms with E-state index in [1.807, 2.05) is 29.0 Å². The number of epoxide rings is 3. The van der Waals surface area contributed by atoms with Gasteiger partial charge in [-0.1, -0.05) is 30.7 Å². The van der Waals surface area contributed by atoms with Crippen LogP contribution < -0.4 is 17.1 Å². The van der Waals surface area contributed by atoms with E-state index >= 15 is 0 Å². The molecule has 0 N–H and O–H groups in total. The van der Waals surface area contributed by atoms with Crippen LogP contribution in [0, 0.1) is 23.2 Å². The molecule has 3 aliphatic carbocycles. The highest BCUT2D eigenvalue weighted by molar-refractivity contribution is 7.07. The van der Waals surface area contributed by atoms with Crippen LogP contribution in [0.4, 0.5) is 0 Å². The monoisotopic (exact) mass is 681 g/mol. The maximum absolute atomic E-state index is 12.4. The second-order valence-electron chi connectivity index (χ2n) is 14.3. The number of carbonyl (C=O) groups is 2. The molecule has 6 fully saturated rings.